The van der Waals surface area contributed by atoms with Crippen molar-refractivity contribution >= 4 is 36.0 Å². The Hall–Kier alpha value is 0.432. The molecule has 1 unspecified atom stereocenters. The van der Waals surface area contributed by atoms with Crippen molar-refractivity contribution in [1.82, 2.24) is 0 Å². The maximum atomic E-state index is 11.3. The zero-order chi connectivity index (χ0) is 11.6. The van der Waals surface area contributed by atoms with Crippen molar-refractivity contribution in [3.05, 3.63) is 0 Å². The second-order valence-electron chi connectivity index (χ2n) is 3.38. The molecule has 7 heteroatoms. The van der Waals surface area contributed by atoms with Gasteiger partial charge in [-0.05, 0) is 6.42 Å². The van der Waals surface area contributed by atoms with Gasteiger partial charge in [0.25, 0.3) is 0 Å². The van der Waals surface area contributed by atoms with Crippen LogP contribution in [0.25, 0.3) is 0 Å². The van der Waals surface area contributed by atoms with Crippen molar-refractivity contribution < 1.29 is 16.8 Å². The minimum atomic E-state index is -3.31. The van der Waals surface area contributed by atoms with Crippen LogP contribution in [0.5, 0.6) is 0 Å². The first-order chi connectivity index (χ1) is 6.14. The van der Waals surface area contributed by atoms with Gasteiger partial charge in [0.05, 0.1) is 10.5 Å². The Kier molecular flexibility index (Phi) is 5.13. The second-order valence-corrected chi connectivity index (χ2v) is 8.38. The van der Waals surface area contributed by atoms with Crippen molar-refractivity contribution in [3.8, 4) is 0 Å². The van der Waals surface area contributed by atoms with E-state index in [0.717, 1.165) is 12.5 Å². The highest BCUT2D eigenvalue weighted by Crippen LogP contribution is 2.18. The summed E-state index contributed by atoms with van der Waals surface area (Å²) in [4.78, 5) is 0. The summed E-state index contributed by atoms with van der Waals surface area (Å²) in [7, 11) is -6.61. The van der Waals surface area contributed by atoms with Crippen molar-refractivity contribution in [2.45, 2.75) is 29.1 Å². The number of hydrogen-bond donors (Lipinski definition) is 0. The molecule has 0 bridgehead atoms. The highest BCUT2D eigenvalue weighted by Gasteiger charge is 2.33. The lowest BCUT2D eigenvalue weighted by Gasteiger charge is -2.22. The predicted octanol–water partition coefficient (Wildman–Crippen LogP) is -0.190. The Bertz CT molecular complexity index is 332. The average molecular weight is 254 g/mol. The maximum Gasteiger partial charge on any atom is 0.151 e. The van der Waals surface area contributed by atoms with Crippen LogP contribution in [0.15, 0.2) is 0 Å². The van der Waals surface area contributed by atoms with Crippen LogP contribution in [0.2, 0.25) is 5.28 Å². The molecule has 0 aromatic rings. The van der Waals surface area contributed by atoms with Crippen LogP contribution >= 0.6 is 0 Å². The Morgan fingerprint density at radius 3 is 1.43 bits per heavy atom. The van der Waals surface area contributed by atoms with Crippen LogP contribution in [-0.4, -0.2) is 56.1 Å². The molecule has 2 radical (unpaired) electrons. The van der Waals surface area contributed by atoms with Gasteiger partial charge in [-0.25, -0.2) is 16.8 Å². The van der Waals surface area contributed by atoms with E-state index < -0.39 is 30.2 Å². The molecule has 0 aliphatic rings. The SMILES string of the molecule is CCC([C@H]([CH2][Al])S(C)(=O)=O)S(C)(=O)=O. The van der Waals surface area contributed by atoms with Gasteiger partial charge < -0.3 is 0 Å². The summed E-state index contributed by atoms with van der Waals surface area (Å²) in [5.41, 5.74) is 0. The van der Waals surface area contributed by atoms with Gasteiger partial charge in [0.1, 0.15) is 26.1 Å². The third-order valence-corrected chi connectivity index (χ3v) is 6.55. The lowest BCUT2D eigenvalue weighted by Crippen LogP contribution is -2.38. The van der Waals surface area contributed by atoms with Gasteiger partial charge in [-0.2, -0.15) is 0 Å². The fourth-order valence-electron chi connectivity index (χ4n) is 1.44. The number of rotatable bonds is 5. The van der Waals surface area contributed by atoms with Crippen LogP contribution in [0.4, 0.5) is 0 Å². The van der Waals surface area contributed by atoms with Gasteiger partial charge in [-0.15, -0.1) is 5.28 Å². The first-order valence-corrected chi connectivity index (χ1v) is 8.95. The summed E-state index contributed by atoms with van der Waals surface area (Å²) in [5, 5.41) is -1.35. The first kappa shape index (κ1) is 14.4. The molecule has 0 aromatic carbocycles. The number of hydrogen-bond acceptors (Lipinski definition) is 4. The first-order valence-electron chi connectivity index (χ1n) is 4.22. The van der Waals surface area contributed by atoms with E-state index in [0.29, 0.717) is 6.42 Å². The van der Waals surface area contributed by atoms with Crippen LogP contribution in [-0.2, 0) is 19.7 Å². The third kappa shape index (κ3) is 3.89. The molecular formula is C7H15AlO4S2. The van der Waals surface area contributed by atoms with Gasteiger partial charge >= 0.3 is 0 Å². The smallest absolute Gasteiger partial charge is 0.151 e. The van der Waals surface area contributed by atoms with E-state index in [-0.39, 0.29) is 5.28 Å². The molecule has 0 aliphatic heterocycles. The quantitative estimate of drug-likeness (QED) is 0.638. The summed E-state index contributed by atoms with van der Waals surface area (Å²) in [5.74, 6) is 0. The molecule has 4 nitrogen and oxygen atoms in total. The molecule has 0 aromatic heterocycles. The lowest BCUT2D eigenvalue weighted by molar-refractivity contribution is 0.558. The van der Waals surface area contributed by atoms with Crippen LogP contribution in [0.1, 0.15) is 13.3 Å². The number of sulfone groups is 2. The fraction of sp³-hybridized carbons (Fsp3) is 1.00. The summed E-state index contributed by atoms with van der Waals surface area (Å²) in [6.45, 7) is 1.68. The lowest BCUT2D eigenvalue weighted by atomic mass is 10.2. The molecule has 0 N–H and O–H groups in total. The van der Waals surface area contributed by atoms with Crippen LogP contribution in [0.3, 0.4) is 0 Å². The van der Waals surface area contributed by atoms with Crippen molar-refractivity contribution in [3.63, 3.8) is 0 Å². The fourth-order valence-corrected chi connectivity index (χ4v) is 6.59. The van der Waals surface area contributed by atoms with Gasteiger partial charge in [-0.1, -0.05) is 6.92 Å². The van der Waals surface area contributed by atoms with E-state index in [9.17, 15) is 16.8 Å². The van der Waals surface area contributed by atoms with E-state index in [4.69, 9.17) is 0 Å². The molecule has 14 heavy (non-hydrogen) atoms. The Balaban J connectivity index is 5.22. The molecule has 0 aliphatic carbocycles. The molecular weight excluding hydrogens is 239 g/mol. The van der Waals surface area contributed by atoms with Crippen LogP contribution < -0.4 is 0 Å². The summed E-state index contributed by atoms with van der Waals surface area (Å²) >= 11 is 2.29. The normalized spacial score (nSPS) is 17.6. The Labute approximate surface area is 94.3 Å². The van der Waals surface area contributed by atoms with E-state index >= 15 is 0 Å². The Morgan fingerprint density at radius 1 is 1.00 bits per heavy atom. The minimum Gasteiger partial charge on any atom is -0.229 e. The van der Waals surface area contributed by atoms with E-state index in [2.05, 4.69) is 16.3 Å². The zero-order valence-corrected chi connectivity index (χ0v) is 11.4. The second kappa shape index (κ2) is 4.97. The molecule has 0 heterocycles. The highest BCUT2D eigenvalue weighted by atomic mass is 32.2. The predicted molar refractivity (Wildman–Crippen MR) is 58.1 cm³/mol. The van der Waals surface area contributed by atoms with Gasteiger partial charge in [-0.3, -0.25) is 0 Å². The van der Waals surface area contributed by atoms with Crippen molar-refractivity contribution in [1.29, 1.82) is 0 Å². The molecule has 0 rings (SSSR count). The van der Waals surface area contributed by atoms with Gasteiger partial charge in [0.2, 0.25) is 0 Å². The summed E-state index contributed by atoms with van der Waals surface area (Å²) < 4.78 is 45.3. The van der Waals surface area contributed by atoms with E-state index in [1.54, 1.807) is 6.92 Å². The molecule has 0 saturated carbocycles. The summed E-state index contributed by atoms with van der Waals surface area (Å²) in [6.07, 6.45) is 2.49. The van der Waals surface area contributed by atoms with Gasteiger partial charge in [0, 0.05) is 12.5 Å². The van der Waals surface area contributed by atoms with Gasteiger partial charge in [0.15, 0.2) is 9.84 Å². The van der Waals surface area contributed by atoms with Crippen LogP contribution in [0, 0.1) is 0 Å². The average Bonchev–Trinajstić information content (AvgIpc) is 1.94. The largest absolute Gasteiger partial charge is 0.229 e. The molecule has 82 valence electrons. The molecule has 2 atom stereocenters. The Morgan fingerprint density at radius 2 is 1.36 bits per heavy atom. The van der Waals surface area contributed by atoms with Crippen molar-refractivity contribution in [2.24, 2.45) is 0 Å². The zero-order valence-electron chi connectivity index (χ0n) is 8.60. The third-order valence-electron chi connectivity index (χ3n) is 2.15. The molecule has 0 saturated heterocycles. The standard InChI is InChI=1S/C7H15O4S2.Al/c1-5-7(13(4,10)11)6(2)12(3,8)9;/h6-7H,2,5H2,1,3-4H3;/t6-,7?;/m0./s1. The van der Waals surface area contributed by atoms with Crippen molar-refractivity contribution in [2.75, 3.05) is 12.5 Å². The maximum absolute atomic E-state index is 11.3. The molecule has 0 spiro atoms. The van der Waals surface area contributed by atoms with E-state index in [1.807, 2.05) is 0 Å². The molecule has 0 fully saturated rings. The highest BCUT2D eigenvalue weighted by molar-refractivity contribution is 7.95. The molecule has 0 amide bonds. The monoisotopic (exact) mass is 254 g/mol. The minimum absolute atomic E-state index is 0.254. The topological polar surface area (TPSA) is 68.3 Å². The summed E-state index contributed by atoms with van der Waals surface area (Å²) in [6, 6.07) is 0. The van der Waals surface area contributed by atoms with E-state index in [1.165, 1.54) is 0 Å².